The first-order valence-electron chi connectivity index (χ1n) is 13.3. The Hall–Kier alpha value is -3.28. The van der Waals surface area contributed by atoms with Crippen LogP contribution >= 0.6 is 23.2 Å². The number of benzene rings is 3. The van der Waals surface area contributed by atoms with Crippen LogP contribution in [0.25, 0.3) is 0 Å². The van der Waals surface area contributed by atoms with E-state index in [1.165, 1.54) is 4.90 Å². The topological polar surface area (TPSA) is 86.8 Å². The molecule has 0 bridgehead atoms. The Balaban J connectivity index is 2.10. The van der Waals surface area contributed by atoms with Gasteiger partial charge >= 0.3 is 6.18 Å². The Morgan fingerprint density at radius 1 is 0.930 bits per heavy atom. The third-order valence-corrected chi connectivity index (χ3v) is 8.14. The van der Waals surface area contributed by atoms with Gasteiger partial charge < -0.3 is 10.2 Å². The molecule has 0 fully saturated rings. The van der Waals surface area contributed by atoms with Gasteiger partial charge in [0.25, 0.3) is 0 Å². The number of alkyl halides is 3. The highest BCUT2D eigenvalue weighted by molar-refractivity contribution is 7.92. The molecule has 1 atom stereocenters. The summed E-state index contributed by atoms with van der Waals surface area (Å²) in [6.07, 6.45) is -3.94. The molecule has 43 heavy (non-hydrogen) atoms. The summed E-state index contributed by atoms with van der Waals surface area (Å²) in [5, 5.41) is 2.99. The average molecular weight is 659 g/mol. The summed E-state index contributed by atoms with van der Waals surface area (Å²) in [7, 11) is -4.32. The molecular formula is C30H32Cl2F3N3O4S. The molecule has 3 rings (SSSR count). The molecule has 0 aliphatic carbocycles. The van der Waals surface area contributed by atoms with Crippen molar-refractivity contribution in [1.29, 1.82) is 0 Å². The number of carbonyl (C=O) groups excluding carboxylic acids is 2. The summed E-state index contributed by atoms with van der Waals surface area (Å²) in [6, 6.07) is 16.6. The van der Waals surface area contributed by atoms with Gasteiger partial charge in [-0.05, 0) is 47.4 Å². The minimum absolute atomic E-state index is 0.0906. The predicted molar refractivity (Wildman–Crippen MR) is 162 cm³/mol. The first-order valence-corrected chi connectivity index (χ1v) is 15.9. The number of hydrogen-bond donors (Lipinski definition) is 1. The quantitative estimate of drug-likeness (QED) is 0.252. The predicted octanol–water partition coefficient (Wildman–Crippen LogP) is 6.19. The van der Waals surface area contributed by atoms with E-state index in [0.717, 1.165) is 24.0 Å². The molecular weight excluding hydrogens is 626 g/mol. The van der Waals surface area contributed by atoms with Gasteiger partial charge in [-0.3, -0.25) is 13.9 Å². The number of sulfonamides is 1. The van der Waals surface area contributed by atoms with Gasteiger partial charge in [0.05, 0.1) is 22.5 Å². The third kappa shape index (κ3) is 9.87. The highest BCUT2D eigenvalue weighted by Gasteiger charge is 2.36. The Kier molecular flexibility index (Phi) is 11.5. The van der Waals surface area contributed by atoms with Gasteiger partial charge in [-0.1, -0.05) is 79.5 Å². The third-order valence-electron chi connectivity index (χ3n) is 6.44. The fourth-order valence-electron chi connectivity index (χ4n) is 4.24. The Bertz CT molecular complexity index is 1520. The van der Waals surface area contributed by atoms with E-state index >= 15 is 0 Å². The van der Waals surface area contributed by atoms with Crippen molar-refractivity contribution >= 4 is 50.7 Å². The molecule has 2 amide bonds. The van der Waals surface area contributed by atoms with Crippen molar-refractivity contribution in [2.75, 3.05) is 23.7 Å². The highest BCUT2D eigenvalue weighted by atomic mass is 35.5. The molecule has 0 aliphatic rings. The van der Waals surface area contributed by atoms with Crippen LogP contribution in [0.2, 0.25) is 10.0 Å². The smallest absolute Gasteiger partial charge is 0.354 e. The number of carbonyl (C=O) groups is 2. The summed E-state index contributed by atoms with van der Waals surface area (Å²) < 4.78 is 66.8. The number of anilines is 1. The van der Waals surface area contributed by atoms with Crippen LogP contribution in [0.15, 0.2) is 72.8 Å². The minimum atomic E-state index is -4.79. The van der Waals surface area contributed by atoms with Crippen molar-refractivity contribution in [1.82, 2.24) is 10.2 Å². The highest BCUT2D eigenvalue weighted by Crippen LogP contribution is 2.36. The molecule has 7 nitrogen and oxygen atoms in total. The van der Waals surface area contributed by atoms with Crippen molar-refractivity contribution in [3.05, 3.63) is 99.5 Å². The van der Waals surface area contributed by atoms with E-state index in [4.69, 9.17) is 23.2 Å². The maximum Gasteiger partial charge on any atom is 0.416 e. The molecule has 0 heterocycles. The first kappa shape index (κ1) is 34.2. The van der Waals surface area contributed by atoms with E-state index < -0.39 is 51.9 Å². The Labute approximate surface area is 259 Å². The molecule has 0 aliphatic heterocycles. The summed E-state index contributed by atoms with van der Waals surface area (Å²) in [6.45, 7) is 3.12. The Morgan fingerprint density at radius 2 is 1.56 bits per heavy atom. The van der Waals surface area contributed by atoms with Crippen molar-refractivity contribution in [3.8, 4) is 0 Å². The van der Waals surface area contributed by atoms with Crippen molar-refractivity contribution < 1.29 is 31.2 Å². The van der Waals surface area contributed by atoms with Crippen LogP contribution < -0.4 is 9.62 Å². The lowest BCUT2D eigenvalue weighted by molar-refractivity contribution is -0.140. The van der Waals surface area contributed by atoms with Gasteiger partial charge in [-0.2, -0.15) is 13.2 Å². The van der Waals surface area contributed by atoms with Crippen molar-refractivity contribution in [3.63, 3.8) is 0 Å². The largest absolute Gasteiger partial charge is 0.416 e. The second-order valence-corrected chi connectivity index (χ2v) is 13.2. The van der Waals surface area contributed by atoms with Crippen LogP contribution in [0.4, 0.5) is 18.9 Å². The van der Waals surface area contributed by atoms with E-state index in [-0.39, 0.29) is 23.9 Å². The van der Waals surface area contributed by atoms with Gasteiger partial charge in [0.2, 0.25) is 21.8 Å². The van der Waals surface area contributed by atoms with Crippen LogP contribution in [0.5, 0.6) is 0 Å². The number of halogens is 5. The second kappa shape index (κ2) is 14.5. The van der Waals surface area contributed by atoms with E-state index in [1.807, 2.05) is 13.8 Å². The molecule has 0 spiro atoms. The van der Waals surface area contributed by atoms with Gasteiger partial charge in [-0.15, -0.1) is 0 Å². The van der Waals surface area contributed by atoms with E-state index in [2.05, 4.69) is 5.32 Å². The second-order valence-electron chi connectivity index (χ2n) is 10.4. The average Bonchev–Trinajstić information content (AvgIpc) is 2.93. The maximum absolute atomic E-state index is 14.1. The van der Waals surface area contributed by atoms with Crippen molar-refractivity contribution in [2.45, 2.75) is 39.0 Å². The zero-order chi connectivity index (χ0) is 31.9. The van der Waals surface area contributed by atoms with E-state index in [0.29, 0.717) is 27.5 Å². The van der Waals surface area contributed by atoms with Crippen LogP contribution in [-0.4, -0.2) is 50.5 Å². The standard InChI is InChI=1S/C30H32Cl2F3N3O4S/c1-20(2)17-36-29(40)27(15-21-7-5-4-6-8-21)37(18-22-9-12-24(31)13-10-22)28(39)19-38(43(3,41)42)26-16-23(30(33,34)35)11-14-25(26)32/h4-14,16,20,27H,15,17-19H2,1-3H3,(H,36,40). The first-order chi connectivity index (χ1) is 20.1. The molecule has 13 heteroatoms. The molecule has 0 saturated carbocycles. The SMILES string of the molecule is CC(C)CNC(=O)C(Cc1ccccc1)N(Cc1ccc(Cl)cc1)C(=O)CN(c1cc(C(F)(F)F)ccc1Cl)S(C)(=O)=O. The summed E-state index contributed by atoms with van der Waals surface area (Å²) >= 11 is 12.2. The lowest BCUT2D eigenvalue weighted by Gasteiger charge is -2.34. The number of nitrogens with one attached hydrogen (secondary N) is 1. The van der Waals surface area contributed by atoms with Crippen molar-refractivity contribution in [2.24, 2.45) is 5.92 Å². The zero-order valence-electron chi connectivity index (χ0n) is 23.7. The zero-order valence-corrected chi connectivity index (χ0v) is 26.1. The van der Waals surface area contributed by atoms with Crippen LogP contribution in [-0.2, 0) is 38.8 Å². The van der Waals surface area contributed by atoms with Gasteiger partial charge in [0.15, 0.2) is 0 Å². The molecule has 1 N–H and O–H groups in total. The van der Waals surface area contributed by atoms with Crippen LogP contribution in [0.3, 0.4) is 0 Å². The summed E-state index contributed by atoms with van der Waals surface area (Å²) in [4.78, 5) is 28.9. The molecule has 0 aromatic heterocycles. The molecule has 3 aromatic carbocycles. The molecule has 0 saturated heterocycles. The van der Waals surface area contributed by atoms with Gasteiger partial charge in [-0.25, -0.2) is 8.42 Å². The Morgan fingerprint density at radius 3 is 2.12 bits per heavy atom. The number of rotatable bonds is 12. The lowest BCUT2D eigenvalue weighted by Crippen LogP contribution is -2.53. The molecule has 0 radical (unpaired) electrons. The van der Waals surface area contributed by atoms with Gasteiger partial charge in [0, 0.05) is 24.5 Å². The minimum Gasteiger partial charge on any atom is -0.354 e. The van der Waals surface area contributed by atoms with E-state index in [9.17, 15) is 31.2 Å². The maximum atomic E-state index is 14.1. The van der Waals surface area contributed by atoms with Crippen LogP contribution in [0, 0.1) is 5.92 Å². The number of nitrogens with zero attached hydrogens (tertiary/aromatic N) is 2. The van der Waals surface area contributed by atoms with Crippen LogP contribution in [0.1, 0.15) is 30.5 Å². The normalized spacial score (nSPS) is 12.6. The summed E-state index contributed by atoms with van der Waals surface area (Å²) in [5.74, 6) is -1.19. The fourth-order valence-corrected chi connectivity index (χ4v) is 5.49. The fraction of sp³-hybridized carbons (Fsp3) is 0.333. The van der Waals surface area contributed by atoms with E-state index in [1.54, 1.807) is 54.6 Å². The lowest BCUT2D eigenvalue weighted by atomic mass is 10.0. The summed E-state index contributed by atoms with van der Waals surface area (Å²) in [5.41, 5.74) is -0.318. The molecule has 1 unspecified atom stereocenters. The monoisotopic (exact) mass is 657 g/mol. The van der Waals surface area contributed by atoms with Gasteiger partial charge in [0.1, 0.15) is 12.6 Å². The molecule has 3 aromatic rings. The molecule has 232 valence electrons. The number of hydrogen-bond acceptors (Lipinski definition) is 4. The number of amides is 2.